The topological polar surface area (TPSA) is 92.8 Å². The lowest BCUT2D eigenvalue weighted by Crippen LogP contribution is -2.32. The maximum atomic E-state index is 12.9. The van der Waals surface area contributed by atoms with Crippen LogP contribution >= 0.6 is 0 Å². The third-order valence-corrected chi connectivity index (χ3v) is 5.93. The lowest BCUT2D eigenvalue weighted by molar-refractivity contribution is 0.0522. The lowest BCUT2D eigenvalue weighted by Gasteiger charge is -2.30. The molecule has 2 aromatic carbocycles. The summed E-state index contributed by atoms with van der Waals surface area (Å²) < 4.78 is 10.7. The van der Waals surface area contributed by atoms with Crippen molar-refractivity contribution in [1.82, 2.24) is 9.88 Å². The molecule has 0 bridgehead atoms. The first kappa shape index (κ1) is 20.3. The van der Waals surface area contributed by atoms with E-state index in [1.54, 1.807) is 19.2 Å². The van der Waals surface area contributed by atoms with Crippen molar-refractivity contribution in [3.63, 3.8) is 0 Å². The molecule has 164 valence electrons. The third kappa shape index (κ3) is 3.62. The Morgan fingerprint density at radius 3 is 2.91 bits per heavy atom. The highest BCUT2D eigenvalue weighted by Gasteiger charge is 2.39. The minimum absolute atomic E-state index is 0.0237. The standard InChI is InChI=1S/C24H24N4O4/c1-31-14-32-20-13-21(25-17-9-3-2-7-15(17)20)27-24(30)26-18-10-6-8-16-22(18)19-11-4-5-12-28(19)23(16)29/h2-3,6-10,13,19H,4-5,11-12,14H2,1H3,(H2,25,26,27,30). The van der Waals surface area contributed by atoms with Crippen LogP contribution in [0, 0.1) is 0 Å². The normalized spacial score (nSPS) is 17.1. The minimum atomic E-state index is -0.430. The Hall–Kier alpha value is -3.65. The number of fused-ring (bicyclic) bond motifs is 4. The third-order valence-electron chi connectivity index (χ3n) is 5.93. The van der Waals surface area contributed by atoms with Gasteiger partial charge >= 0.3 is 6.03 Å². The van der Waals surface area contributed by atoms with Crippen molar-refractivity contribution < 1.29 is 19.1 Å². The van der Waals surface area contributed by atoms with Gasteiger partial charge in [0.15, 0.2) is 6.79 Å². The predicted molar refractivity (Wildman–Crippen MR) is 121 cm³/mol. The summed E-state index contributed by atoms with van der Waals surface area (Å²) in [6.45, 7) is 0.844. The molecule has 3 aromatic rings. The summed E-state index contributed by atoms with van der Waals surface area (Å²) in [6.07, 6.45) is 2.99. The van der Waals surface area contributed by atoms with Crippen molar-refractivity contribution in [2.75, 3.05) is 31.1 Å². The maximum absolute atomic E-state index is 12.9. The Morgan fingerprint density at radius 2 is 2.03 bits per heavy atom. The average Bonchev–Trinajstić information content (AvgIpc) is 3.10. The largest absolute Gasteiger partial charge is 0.467 e. The maximum Gasteiger partial charge on any atom is 0.324 e. The van der Waals surface area contributed by atoms with Gasteiger partial charge in [-0.25, -0.2) is 9.78 Å². The van der Waals surface area contributed by atoms with E-state index in [0.29, 0.717) is 28.3 Å². The van der Waals surface area contributed by atoms with E-state index in [-0.39, 0.29) is 18.7 Å². The number of nitrogens with one attached hydrogen (secondary N) is 2. The van der Waals surface area contributed by atoms with Gasteiger partial charge in [-0.05, 0) is 43.5 Å². The van der Waals surface area contributed by atoms with Crippen molar-refractivity contribution in [3.05, 3.63) is 59.7 Å². The summed E-state index contributed by atoms with van der Waals surface area (Å²) in [4.78, 5) is 32.1. The van der Waals surface area contributed by atoms with Gasteiger partial charge in [-0.2, -0.15) is 0 Å². The van der Waals surface area contributed by atoms with Crippen LogP contribution in [0.1, 0.15) is 41.2 Å². The van der Waals surface area contributed by atoms with Crippen molar-refractivity contribution in [2.24, 2.45) is 0 Å². The summed E-state index contributed by atoms with van der Waals surface area (Å²) in [7, 11) is 1.55. The molecular weight excluding hydrogens is 408 g/mol. The molecule has 2 N–H and O–H groups in total. The fraction of sp³-hybridized carbons (Fsp3) is 0.292. The van der Waals surface area contributed by atoms with Crippen LogP contribution in [0.25, 0.3) is 10.9 Å². The molecule has 1 unspecified atom stereocenters. The van der Waals surface area contributed by atoms with E-state index >= 15 is 0 Å². The molecule has 0 aliphatic carbocycles. The van der Waals surface area contributed by atoms with Crippen LogP contribution in [0.4, 0.5) is 16.3 Å². The van der Waals surface area contributed by atoms with E-state index in [2.05, 4.69) is 15.6 Å². The molecular formula is C24H24N4O4. The van der Waals surface area contributed by atoms with Crippen molar-refractivity contribution in [3.8, 4) is 5.75 Å². The number of methoxy groups -OCH3 is 1. The first-order chi connectivity index (χ1) is 15.7. The van der Waals surface area contributed by atoms with E-state index in [1.807, 2.05) is 41.3 Å². The number of para-hydroxylation sites is 1. The first-order valence-electron chi connectivity index (χ1n) is 10.7. The smallest absolute Gasteiger partial charge is 0.324 e. The highest BCUT2D eigenvalue weighted by atomic mass is 16.7. The highest BCUT2D eigenvalue weighted by Crippen LogP contribution is 2.43. The number of carbonyl (C=O) groups is 2. The lowest BCUT2D eigenvalue weighted by atomic mass is 9.96. The van der Waals surface area contributed by atoms with Gasteiger partial charge in [-0.15, -0.1) is 0 Å². The van der Waals surface area contributed by atoms with Gasteiger partial charge in [0.2, 0.25) is 0 Å². The quantitative estimate of drug-likeness (QED) is 0.578. The van der Waals surface area contributed by atoms with Crippen molar-refractivity contribution in [1.29, 1.82) is 0 Å². The number of aromatic nitrogens is 1. The fourth-order valence-electron chi connectivity index (χ4n) is 4.57. The highest BCUT2D eigenvalue weighted by molar-refractivity contribution is 6.05. The number of amides is 3. The van der Waals surface area contributed by atoms with Crippen LogP contribution in [0.15, 0.2) is 48.5 Å². The van der Waals surface area contributed by atoms with Crippen molar-refractivity contribution in [2.45, 2.75) is 25.3 Å². The average molecular weight is 432 g/mol. The molecule has 1 aromatic heterocycles. The van der Waals surface area contributed by atoms with E-state index < -0.39 is 6.03 Å². The molecule has 2 aliphatic heterocycles. The second kappa shape index (κ2) is 8.47. The van der Waals surface area contributed by atoms with E-state index in [9.17, 15) is 9.59 Å². The SMILES string of the molecule is COCOc1cc(NC(=O)Nc2cccc3c2C2CCCCN2C3=O)nc2ccccc12. The number of piperidine rings is 1. The van der Waals surface area contributed by atoms with Gasteiger partial charge in [0.1, 0.15) is 11.6 Å². The zero-order valence-electron chi connectivity index (χ0n) is 17.8. The van der Waals surface area contributed by atoms with Gasteiger partial charge in [0.05, 0.1) is 11.6 Å². The number of ether oxygens (including phenoxy) is 2. The summed E-state index contributed by atoms with van der Waals surface area (Å²) in [6, 6.07) is 14.3. The van der Waals surface area contributed by atoms with Crippen LogP contribution in [0.5, 0.6) is 5.75 Å². The van der Waals surface area contributed by atoms with Crippen LogP contribution in [-0.4, -0.2) is 42.3 Å². The molecule has 8 nitrogen and oxygen atoms in total. The minimum Gasteiger partial charge on any atom is -0.467 e. The van der Waals surface area contributed by atoms with Crippen LogP contribution < -0.4 is 15.4 Å². The second-order valence-corrected chi connectivity index (χ2v) is 7.93. The molecule has 0 saturated carbocycles. The Labute approximate surface area is 185 Å². The number of carbonyl (C=O) groups excluding carboxylic acids is 2. The van der Waals surface area contributed by atoms with Crippen LogP contribution in [0.3, 0.4) is 0 Å². The molecule has 3 heterocycles. The van der Waals surface area contributed by atoms with Gasteiger partial charge in [-0.3, -0.25) is 10.1 Å². The summed E-state index contributed by atoms with van der Waals surface area (Å²) in [5.41, 5.74) is 2.93. The Morgan fingerprint density at radius 1 is 1.16 bits per heavy atom. The molecule has 2 aliphatic rings. The van der Waals surface area contributed by atoms with E-state index in [4.69, 9.17) is 9.47 Å². The molecule has 0 radical (unpaired) electrons. The number of anilines is 2. The number of urea groups is 1. The predicted octanol–water partition coefficient (Wildman–Crippen LogP) is 4.54. The molecule has 1 fully saturated rings. The van der Waals surface area contributed by atoms with Gasteiger partial charge < -0.3 is 19.7 Å². The number of benzene rings is 2. The number of pyridine rings is 1. The Bertz CT molecular complexity index is 1200. The number of nitrogens with zero attached hydrogens (tertiary/aromatic N) is 2. The fourth-order valence-corrected chi connectivity index (χ4v) is 4.57. The van der Waals surface area contributed by atoms with E-state index in [0.717, 1.165) is 36.8 Å². The number of hydrogen-bond acceptors (Lipinski definition) is 5. The molecule has 5 rings (SSSR count). The zero-order chi connectivity index (χ0) is 22.1. The van der Waals surface area contributed by atoms with Gasteiger partial charge in [0.25, 0.3) is 5.91 Å². The monoisotopic (exact) mass is 432 g/mol. The summed E-state index contributed by atoms with van der Waals surface area (Å²) in [5, 5.41) is 6.54. The van der Waals surface area contributed by atoms with Crippen molar-refractivity contribution >= 4 is 34.3 Å². The molecule has 1 saturated heterocycles. The number of hydrogen-bond donors (Lipinski definition) is 2. The second-order valence-electron chi connectivity index (χ2n) is 7.93. The van der Waals surface area contributed by atoms with Crippen LogP contribution in [0.2, 0.25) is 0 Å². The first-order valence-corrected chi connectivity index (χ1v) is 10.7. The molecule has 1 atom stereocenters. The van der Waals surface area contributed by atoms with Crippen LogP contribution in [-0.2, 0) is 4.74 Å². The Balaban J connectivity index is 1.40. The molecule has 8 heteroatoms. The Kier molecular flexibility index (Phi) is 5.36. The molecule has 32 heavy (non-hydrogen) atoms. The van der Waals surface area contributed by atoms with Gasteiger partial charge in [0, 0.05) is 41.9 Å². The summed E-state index contributed by atoms with van der Waals surface area (Å²) >= 11 is 0. The molecule has 0 spiro atoms. The van der Waals surface area contributed by atoms with E-state index in [1.165, 1.54) is 0 Å². The molecule has 3 amide bonds. The zero-order valence-corrected chi connectivity index (χ0v) is 17.8. The number of rotatable bonds is 5. The summed E-state index contributed by atoms with van der Waals surface area (Å²) in [5.74, 6) is 0.969. The van der Waals surface area contributed by atoms with Gasteiger partial charge in [-0.1, -0.05) is 18.2 Å².